The summed E-state index contributed by atoms with van der Waals surface area (Å²) < 4.78 is 39.7. The Morgan fingerprint density at radius 3 is 2.24 bits per heavy atom. The SMILES string of the molecule is CC(C)(NC(=O)c1ccc(OC(F)(F)F)cc1)/C(N)=N/O. The second kappa shape index (κ2) is 5.90. The number of hydrogen-bond acceptors (Lipinski definition) is 4. The van der Waals surface area contributed by atoms with Crippen LogP contribution in [0.25, 0.3) is 0 Å². The number of nitrogens with zero attached hydrogens (tertiary/aromatic N) is 1. The Balaban J connectivity index is 2.81. The lowest BCUT2D eigenvalue weighted by Gasteiger charge is -2.24. The van der Waals surface area contributed by atoms with Crippen molar-refractivity contribution < 1.29 is 27.9 Å². The largest absolute Gasteiger partial charge is 0.573 e. The highest BCUT2D eigenvalue weighted by molar-refractivity contribution is 5.99. The quantitative estimate of drug-likeness (QED) is 0.342. The number of carbonyl (C=O) groups is 1. The maximum Gasteiger partial charge on any atom is 0.573 e. The smallest absolute Gasteiger partial charge is 0.409 e. The van der Waals surface area contributed by atoms with E-state index in [0.29, 0.717) is 0 Å². The summed E-state index contributed by atoms with van der Waals surface area (Å²) in [6.07, 6.45) is -4.79. The molecule has 0 unspecified atom stereocenters. The van der Waals surface area contributed by atoms with Crippen LogP contribution in [0.15, 0.2) is 29.4 Å². The predicted molar refractivity (Wildman–Crippen MR) is 68.1 cm³/mol. The lowest BCUT2D eigenvalue weighted by Crippen LogP contribution is -2.53. The van der Waals surface area contributed by atoms with Crippen LogP contribution in [0.4, 0.5) is 13.2 Å². The highest BCUT2D eigenvalue weighted by Crippen LogP contribution is 2.22. The monoisotopic (exact) mass is 305 g/mol. The number of oxime groups is 1. The third kappa shape index (κ3) is 4.86. The van der Waals surface area contributed by atoms with Crippen molar-refractivity contribution in [3.63, 3.8) is 0 Å². The minimum Gasteiger partial charge on any atom is -0.409 e. The molecule has 21 heavy (non-hydrogen) atoms. The number of halogens is 3. The average molecular weight is 305 g/mol. The molecule has 0 spiro atoms. The number of carbonyl (C=O) groups excluding carboxylic acids is 1. The molecule has 1 rings (SSSR count). The zero-order valence-corrected chi connectivity index (χ0v) is 11.2. The highest BCUT2D eigenvalue weighted by Gasteiger charge is 2.31. The van der Waals surface area contributed by atoms with E-state index in [1.54, 1.807) is 0 Å². The molecule has 0 aromatic heterocycles. The third-order valence-corrected chi connectivity index (χ3v) is 2.52. The fourth-order valence-corrected chi connectivity index (χ4v) is 1.35. The van der Waals surface area contributed by atoms with Crippen molar-refractivity contribution in [3.05, 3.63) is 29.8 Å². The number of rotatable bonds is 4. The Bertz CT molecular complexity index is 539. The lowest BCUT2D eigenvalue weighted by molar-refractivity contribution is -0.274. The fraction of sp³-hybridized carbons (Fsp3) is 0.333. The number of benzene rings is 1. The molecule has 0 aliphatic rings. The van der Waals surface area contributed by atoms with Gasteiger partial charge in [-0.2, -0.15) is 0 Å². The van der Waals surface area contributed by atoms with Crippen molar-refractivity contribution in [3.8, 4) is 5.75 Å². The van der Waals surface area contributed by atoms with Crippen LogP contribution < -0.4 is 15.8 Å². The second-order valence-corrected chi connectivity index (χ2v) is 4.64. The molecule has 4 N–H and O–H groups in total. The number of amidine groups is 1. The lowest BCUT2D eigenvalue weighted by atomic mass is 10.0. The molecule has 9 heteroatoms. The van der Waals surface area contributed by atoms with Gasteiger partial charge in [0.15, 0.2) is 5.84 Å². The van der Waals surface area contributed by atoms with E-state index in [1.165, 1.54) is 26.0 Å². The van der Waals surface area contributed by atoms with Gasteiger partial charge in [0.2, 0.25) is 0 Å². The zero-order chi connectivity index (χ0) is 16.3. The van der Waals surface area contributed by atoms with Gasteiger partial charge >= 0.3 is 6.36 Å². The van der Waals surface area contributed by atoms with Gasteiger partial charge in [-0.3, -0.25) is 4.79 Å². The Morgan fingerprint density at radius 1 is 1.29 bits per heavy atom. The maximum atomic E-state index is 12.0. The van der Waals surface area contributed by atoms with Crippen LogP contribution in [0.2, 0.25) is 0 Å². The fourth-order valence-electron chi connectivity index (χ4n) is 1.35. The molecule has 116 valence electrons. The Kier molecular flexibility index (Phi) is 4.66. The molecule has 0 saturated heterocycles. The van der Waals surface area contributed by atoms with Gasteiger partial charge in [-0.15, -0.1) is 13.2 Å². The van der Waals surface area contributed by atoms with Crippen molar-refractivity contribution in [1.29, 1.82) is 0 Å². The van der Waals surface area contributed by atoms with Gasteiger partial charge in [-0.25, -0.2) is 0 Å². The van der Waals surface area contributed by atoms with Gasteiger partial charge in [0.1, 0.15) is 5.75 Å². The number of hydrogen-bond donors (Lipinski definition) is 3. The van der Waals surface area contributed by atoms with E-state index >= 15 is 0 Å². The molecule has 6 nitrogen and oxygen atoms in total. The van der Waals surface area contributed by atoms with Crippen LogP contribution in [0.1, 0.15) is 24.2 Å². The zero-order valence-electron chi connectivity index (χ0n) is 11.2. The van der Waals surface area contributed by atoms with Gasteiger partial charge in [-0.1, -0.05) is 5.16 Å². The first-order chi connectivity index (χ1) is 9.55. The van der Waals surface area contributed by atoms with Crippen molar-refractivity contribution in [1.82, 2.24) is 5.32 Å². The van der Waals surface area contributed by atoms with Crippen LogP contribution in [0, 0.1) is 0 Å². The molecule has 0 bridgehead atoms. The molecule has 0 atom stereocenters. The predicted octanol–water partition coefficient (Wildman–Crippen LogP) is 1.84. The molecule has 1 aromatic rings. The second-order valence-electron chi connectivity index (χ2n) is 4.64. The molecule has 1 aromatic carbocycles. The number of ether oxygens (including phenoxy) is 1. The van der Waals surface area contributed by atoms with E-state index in [-0.39, 0.29) is 11.4 Å². The number of nitrogens with two attached hydrogens (primary N) is 1. The summed E-state index contributed by atoms with van der Waals surface area (Å²) in [7, 11) is 0. The van der Waals surface area contributed by atoms with Crippen LogP contribution in [0.3, 0.4) is 0 Å². The molecular weight excluding hydrogens is 291 g/mol. The van der Waals surface area contributed by atoms with Crippen LogP contribution in [0.5, 0.6) is 5.75 Å². The van der Waals surface area contributed by atoms with Crippen molar-refractivity contribution in [2.45, 2.75) is 25.7 Å². The summed E-state index contributed by atoms with van der Waals surface area (Å²) in [5, 5.41) is 13.9. The number of amides is 1. The van der Waals surface area contributed by atoms with E-state index < -0.39 is 23.6 Å². The standard InChI is InChI=1S/C12H14F3N3O3/c1-11(2,10(16)18-20)17-9(19)7-3-5-8(6-4-7)21-12(13,14)15/h3-6,20H,1-2H3,(H2,16,18)(H,17,19). The van der Waals surface area contributed by atoms with E-state index in [1.807, 2.05) is 0 Å². The summed E-state index contributed by atoms with van der Waals surface area (Å²) >= 11 is 0. The highest BCUT2D eigenvalue weighted by atomic mass is 19.4. The van der Waals surface area contributed by atoms with Crippen molar-refractivity contribution in [2.24, 2.45) is 10.9 Å². The Hall–Kier alpha value is -2.45. The molecule has 0 heterocycles. The third-order valence-electron chi connectivity index (χ3n) is 2.52. The summed E-state index contributed by atoms with van der Waals surface area (Å²) in [5.74, 6) is -1.24. The van der Waals surface area contributed by atoms with E-state index in [4.69, 9.17) is 10.9 Å². The first-order valence-corrected chi connectivity index (χ1v) is 5.71. The van der Waals surface area contributed by atoms with E-state index in [9.17, 15) is 18.0 Å². The van der Waals surface area contributed by atoms with Crippen molar-refractivity contribution >= 4 is 11.7 Å². The molecule has 0 aliphatic carbocycles. The summed E-state index contributed by atoms with van der Waals surface area (Å²) in [6.45, 7) is 3.00. The first-order valence-electron chi connectivity index (χ1n) is 5.71. The van der Waals surface area contributed by atoms with E-state index in [0.717, 1.165) is 12.1 Å². The molecule has 0 aliphatic heterocycles. The minimum atomic E-state index is -4.79. The number of alkyl halides is 3. The van der Waals surface area contributed by atoms with Crippen LogP contribution >= 0.6 is 0 Å². The molecule has 0 fully saturated rings. The van der Waals surface area contributed by atoms with Crippen LogP contribution in [-0.2, 0) is 0 Å². The minimum absolute atomic E-state index is 0.100. The molecule has 0 saturated carbocycles. The maximum absolute atomic E-state index is 12.0. The van der Waals surface area contributed by atoms with Gasteiger partial charge in [-0.05, 0) is 38.1 Å². The van der Waals surface area contributed by atoms with Crippen LogP contribution in [-0.4, -0.2) is 28.9 Å². The molecule has 1 amide bonds. The Labute approximate surface area is 118 Å². The topological polar surface area (TPSA) is 96.9 Å². The first kappa shape index (κ1) is 16.6. The van der Waals surface area contributed by atoms with Gasteiger partial charge in [0.05, 0.1) is 5.54 Å². The number of nitrogens with one attached hydrogen (secondary N) is 1. The summed E-state index contributed by atoms with van der Waals surface area (Å²) in [5.41, 5.74) is 4.39. The van der Waals surface area contributed by atoms with Crippen molar-refractivity contribution in [2.75, 3.05) is 0 Å². The summed E-state index contributed by atoms with van der Waals surface area (Å²) in [4.78, 5) is 11.9. The summed E-state index contributed by atoms with van der Waals surface area (Å²) in [6, 6.07) is 4.36. The normalized spacial score (nSPS) is 12.9. The molecular formula is C12H14F3N3O3. The average Bonchev–Trinajstić information content (AvgIpc) is 2.36. The van der Waals surface area contributed by atoms with Gasteiger partial charge < -0.3 is 21.0 Å². The van der Waals surface area contributed by atoms with Gasteiger partial charge in [0.25, 0.3) is 5.91 Å². The molecule has 0 radical (unpaired) electrons. The Morgan fingerprint density at radius 2 is 1.81 bits per heavy atom. The van der Waals surface area contributed by atoms with Gasteiger partial charge in [0, 0.05) is 5.56 Å². The van der Waals surface area contributed by atoms with E-state index in [2.05, 4.69) is 15.2 Å².